The summed E-state index contributed by atoms with van der Waals surface area (Å²) >= 11 is 1.64. The normalized spacial score (nSPS) is 11.2. The third-order valence-corrected chi connectivity index (χ3v) is 6.46. The zero-order chi connectivity index (χ0) is 22.9. The van der Waals surface area contributed by atoms with E-state index in [0.717, 1.165) is 49.0 Å². The predicted octanol–water partition coefficient (Wildman–Crippen LogP) is 5.94. The van der Waals surface area contributed by atoms with Crippen LogP contribution in [-0.4, -0.2) is 29.8 Å². The summed E-state index contributed by atoms with van der Waals surface area (Å²) in [6.45, 7) is 2.02. The monoisotopic (exact) mass is 461 g/mol. The minimum Gasteiger partial charge on any atom is -0.338 e. The van der Waals surface area contributed by atoms with Crippen LogP contribution in [0.3, 0.4) is 0 Å². The number of hydrogen-bond acceptors (Lipinski definition) is 7. The standard InChI is InChI=1S/C26H19N7S/c1-17-6-11-22(28-16-17)25-20-4-2-3-5-21(20)26(32-31-25)30-18-7-9-19(10-8-18)34-24-13-14-27-23-12-15-29-33(23)24/h2-16H,1H3,(H,30,32). The minimum atomic E-state index is 0.708. The van der Waals surface area contributed by atoms with Crippen LogP contribution >= 0.6 is 11.8 Å². The first-order valence-electron chi connectivity index (χ1n) is 10.8. The van der Waals surface area contributed by atoms with Crippen molar-refractivity contribution in [3.05, 3.63) is 97.0 Å². The maximum absolute atomic E-state index is 4.54. The molecule has 0 saturated heterocycles. The zero-order valence-corrected chi connectivity index (χ0v) is 19.1. The molecule has 0 unspecified atom stereocenters. The SMILES string of the molecule is Cc1ccc(-c2nnc(Nc3ccc(Sc4ccnc5ccnn45)cc3)c3ccccc23)nc1. The summed E-state index contributed by atoms with van der Waals surface area (Å²) in [7, 11) is 0. The first-order valence-corrected chi connectivity index (χ1v) is 11.6. The highest BCUT2D eigenvalue weighted by atomic mass is 32.2. The van der Waals surface area contributed by atoms with Crippen LogP contribution in [0.25, 0.3) is 27.8 Å². The third-order valence-electron chi connectivity index (χ3n) is 5.44. The molecule has 0 bridgehead atoms. The Morgan fingerprint density at radius 1 is 0.794 bits per heavy atom. The molecule has 0 atom stereocenters. The quantitative estimate of drug-likeness (QED) is 0.318. The summed E-state index contributed by atoms with van der Waals surface area (Å²) in [5.74, 6) is 0.708. The van der Waals surface area contributed by atoms with E-state index in [2.05, 4.69) is 48.8 Å². The van der Waals surface area contributed by atoms with Crippen molar-refractivity contribution in [2.45, 2.75) is 16.8 Å². The van der Waals surface area contributed by atoms with Crippen molar-refractivity contribution in [1.29, 1.82) is 0 Å². The smallest absolute Gasteiger partial charge is 0.161 e. The topological polar surface area (TPSA) is 80.9 Å². The lowest BCUT2D eigenvalue weighted by Gasteiger charge is -2.11. The van der Waals surface area contributed by atoms with Crippen LogP contribution in [0, 0.1) is 6.92 Å². The average molecular weight is 462 g/mol. The molecule has 2 aromatic carbocycles. The van der Waals surface area contributed by atoms with E-state index >= 15 is 0 Å². The molecule has 8 heteroatoms. The molecule has 4 aromatic heterocycles. The molecule has 34 heavy (non-hydrogen) atoms. The number of pyridine rings is 1. The number of nitrogens with one attached hydrogen (secondary N) is 1. The number of fused-ring (bicyclic) bond motifs is 2. The number of benzene rings is 2. The Bertz CT molecular complexity index is 1610. The molecule has 0 fully saturated rings. The number of rotatable bonds is 5. The second kappa shape index (κ2) is 8.57. The average Bonchev–Trinajstić information content (AvgIpc) is 3.36. The van der Waals surface area contributed by atoms with Crippen LogP contribution in [-0.2, 0) is 0 Å². The van der Waals surface area contributed by atoms with E-state index in [1.165, 1.54) is 0 Å². The fourth-order valence-electron chi connectivity index (χ4n) is 3.75. The van der Waals surface area contributed by atoms with E-state index < -0.39 is 0 Å². The van der Waals surface area contributed by atoms with Gasteiger partial charge in [0, 0.05) is 39.8 Å². The molecule has 0 aliphatic heterocycles. The molecule has 0 aliphatic rings. The van der Waals surface area contributed by atoms with Crippen molar-refractivity contribution in [3.63, 3.8) is 0 Å². The fourth-order valence-corrected chi connectivity index (χ4v) is 4.62. The highest BCUT2D eigenvalue weighted by Crippen LogP contribution is 2.32. The van der Waals surface area contributed by atoms with Gasteiger partial charge in [0.1, 0.15) is 10.7 Å². The molecular weight excluding hydrogens is 442 g/mol. The molecule has 0 amide bonds. The van der Waals surface area contributed by atoms with Crippen molar-refractivity contribution in [3.8, 4) is 11.4 Å². The van der Waals surface area contributed by atoms with Gasteiger partial charge in [-0.05, 0) is 48.9 Å². The van der Waals surface area contributed by atoms with Crippen LogP contribution in [0.4, 0.5) is 11.5 Å². The molecule has 6 rings (SSSR count). The van der Waals surface area contributed by atoms with Crippen LogP contribution in [0.1, 0.15) is 5.56 Å². The molecule has 0 radical (unpaired) electrons. The summed E-state index contributed by atoms with van der Waals surface area (Å²) < 4.78 is 1.84. The van der Waals surface area contributed by atoms with Gasteiger partial charge in [0.05, 0.1) is 11.9 Å². The van der Waals surface area contributed by atoms with Crippen molar-refractivity contribution in [2.75, 3.05) is 5.32 Å². The molecule has 0 spiro atoms. The fraction of sp³-hybridized carbons (Fsp3) is 0.0385. The van der Waals surface area contributed by atoms with Crippen molar-refractivity contribution in [2.24, 2.45) is 0 Å². The first kappa shape index (κ1) is 20.3. The molecule has 164 valence electrons. The predicted molar refractivity (Wildman–Crippen MR) is 134 cm³/mol. The molecule has 7 nitrogen and oxygen atoms in total. The van der Waals surface area contributed by atoms with Crippen molar-refractivity contribution >= 4 is 39.7 Å². The van der Waals surface area contributed by atoms with Gasteiger partial charge < -0.3 is 5.32 Å². The third kappa shape index (κ3) is 3.84. The summed E-state index contributed by atoms with van der Waals surface area (Å²) in [4.78, 5) is 9.96. The van der Waals surface area contributed by atoms with E-state index in [0.29, 0.717) is 5.82 Å². The van der Waals surface area contributed by atoms with Crippen molar-refractivity contribution in [1.82, 2.24) is 29.8 Å². The first-order chi connectivity index (χ1) is 16.7. The Labute approximate surface area is 199 Å². The second-order valence-electron chi connectivity index (χ2n) is 7.80. The van der Waals surface area contributed by atoms with E-state index in [-0.39, 0.29) is 0 Å². The number of anilines is 2. The molecule has 6 aromatic rings. The summed E-state index contributed by atoms with van der Waals surface area (Å²) in [5, 5.41) is 19.8. The second-order valence-corrected chi connectivity index (χ2v) is 8.89. The van der Waals surface area contributed by atoms with Crippen LogP contribution < -0.4 is 5.32 Å². The van der Waals surface area contributed by atoms with Crippen LogP contribution in [0.2, 0.25) is 0 Å². The van der Waals surface area contributed by atoms with E-state index in [1.807, 2.05) is 72.2 Å². The maximum atomic E-state index is 4.54. The lowest BCUT2D eigenvalue weighted by atomic mass is 10.1. The van der Waals surface area contributed by atoms with Gasteiger partial charge >= 0.3 is 0 Å². The lowest BCUT2D eigenvalue weighted by Crippen LogP contribution is -2.00. The highest BCUT2D eigenvalue weighted by molar-refractivity contribution is 7.99. The summed E-state index contributed by atoms with van der Waals surface area (Å²) in [5.41, 5.74) is 4.46. The van der Waals surface area contributed by atoms with Crippen LogP contribution in [0.5, 0.6) is 0 Å². The van der Waals surface area contributed by atoms with E-state index in [1.54, 1.807) is 24.2 Å². The molecule has 1 N–H and O–H groups in total. The Morgan fingerprint density at radius 2 is 1.65 bits per heavy atom. The van der Waals surface area contributed by atoms with E-state index in [4.69, 9.17) is 0 Å². The Kier molecular flexibility index (Phi) is 5.12. The Morgan fingerprint density at radius 3 is 2.47 bits per heavy atom. The van der Waals surface area contributed by atoms with Gasteiger partial charge in [0.25, 0.3) is 0 Å². The number of aryl methyl sites for hydroxylation is 1. The van der Waals surface area contributed by atoms with Gasteiger partial charge in [0.2, 0.25) is 0 Å². The summed E-state index contributed by atoms with van der Waals surface area (Å²) in [6, 6.07) is 24.2. The van der Waals surface area contributed by atoms with Gasteiger partial charge in [0.15, 0.2) is 11.5 Å². The Balaban J connectivity index is 1.28. The highest BCUT2D eigenvalue weighted by Gasteiger charge is 2.12. The molecular formula is C26H19N7S. The maximum Gasteiger partial charge on any atom is 0.161 e. The lowest BCUT2D eigenvalue weighted by molar-refractivity contribution is 0.843. The minimum absolute atomic E-state index is 0.708. The number of aromatic nitrogens is 6. The van der Waals surface area contributed by atoms with Gasteiger partial charge in [-0.3, -0.25) is 4.98 Å². The number of nitrogens with zero attached hydrogens (tertiary/aromatic N) is 6. The van der Waals surface area contributed by atoms with Crippen LogP contribution in [0.15, 0.2) is 101 Å². The molecule has 4 heterocycles. The number of hydrogen-bond donors (Lipinski definition) is 1. The largest absolute Gasteiger partial charge is 0.338 e. The molecule has 0 aliphatic carbocycles. The Hall–Kier alpha value is -4.30. The summed E-state index contributed by atoms with van der Waals surface area (Å²) in [6.07, 6.45) is 5.40. The van der Waals surface area contributed by atoms with Gasteiger partial charge in [-0.1, -0.05) is 42.1 Å². The zero-order valence-electron chi connectivity index (χ0n) is 18.3. The van der Waals surface area contributed by atoms with Crippen molar-refractivity contribution < 1.29 is 0 Å². The van der Waals surface area contributed by atoms with E-state index in [9.17, 15) is 0 Å². The van der Waals surface area contributed by atoms with Gasteiger partial charge in [-0.25, -0.2) is 9.50 Å². The molecule has 0 saturated carbocycles. The van der Waals surface area contributed by atoms with Gasteiger partial charge in [-0.15, -0.1) is 10.2 Å². The van der Waals surface area contributed by atoms with Gasteiger partial charge in [-0.2, -0.15) is 5.10 Å².